The lowest BCUT2D eigenvalue weighted by Crippen LogP contribution is -2.35. The van der Waals surface area contributed by atoms with Crippen LogP contribution in [0.3, 0.4) is 0 Å². The predicted molar refractivity (Wildman–Crippen MR) is 60.0 cm³/mol. The van der Waals surface area contributed by atoms with Gasteiger partial charge in [0.15, 0.2) is 6.61 Å². The van der Waals surface area contributed by atoms with Gasteiger partial charge in [-0.1, -0.05) is 0 Å². The number of rotatable bonds is 1. The number of carbonyl (C=O) groups is 1. The van der Waals surface area contributed by atoms with Crippen molar-refractivity contribution in [3.8, 4) is 5.75 Å². The third-order valence-electron chi connectivity index (χ3n) is 2.20. The molecule has 1 aliphatic rings. The fourth-order valence-electron chi connectivity index (χ4n) is 1.39. The van der Waals surface area contributed by atoms with E-state index >= 15 is 0 Å². The van der Waals surface area contributed by atoms with E-state index in [9.17, 15) is 4.79 Å². The van der Waals surface area contributed by atoms with Crippen LogP contribution in [0.5, 0.6) is 5.75 Å². The Labute approximate surface area is 92.2 Å². The summed E-state index contributed by atoms with van der Waals surface area (Å²) < 4.78 is 5.28. The Morgan fingerprint density at radius 3 is 3.13 bits per heavy atom. The van der Waals surface area contributed by atoms with Gasteiger partial charge in [0.05, 0.1) is 16.5 Å². The molecule has 4 nitrogen and oxygen atoms in total. The molecule has 0 unspecified atom stereocenters. The van der Waals surface area contributed by atoms with Crippen LogP contribution in [0, 0.1) is 0 Å². The smallest absolute Gasteiger partial charge is 0.264 e. The molecule has 1 aromatic rings. The Bertz CT molecular complexity index is 466. The van der Waals surface area contributed by atoms with Crippen LogP contribution in [0.1, 0.15) is 0 Å². The molecule has 1 aliphatic heterocycles. The maximum atomic E-state index is 11.3. The molecular weight excluding hydrogens is 212 g/mol. The zero-order valence-electron chi connectivity index (χ0n) is 8.06. The molecule has 2 rings (SSSR count). The summed E-state index contributed by atoms with van der Waals surface area (Å²) in [5, 5.41) is 2.28. The monoisotopic (exact) mass is 220 g/mol. The maximum absolute atomic E-state index is 11.3. The van der Waals surface area contributed by atoms with Crippen LogP contribution in [-0.4, -0.2) is 24.7 Å². The summed E-state index contributed by atoms with van der Waals surface area (Å²) >= 11 is 4.51. The molecule has 1 heterocycles. The summed E-state index contributed by atoms with van der Waals surface area (Å²) in [5.41, 5.74) is 1.42. The van der Waals surface area contributed by atoms with E-state index in [1.165, 1.54) is 0 Å². The highest BCUT2D eigenvalue weighted by Gasteiger charge is 2.21. The molecule has 0 radical (unpaired) electrons. The molecule has 0 saturated heterocycles. The number of ether oxygens (including phenoxy) is 1. The Morgan fingerprint density at radius 1 is 1.60 bits per heavy atom. The van der Waals surface area contributed by atoms with Crippen molar-refractivity contribution >= 4 is 34.7 Å². The Balaban J connectivity index is 2.46. The minimum Gasteiger partial charge on any atom is -0.481 e. The van der Waals surface area contributed by atoms with Crippen LogP contribution in [0.4, 0.5) is 11.4 Å². The van der Waals surface area contributed by atoms with Crippen molar-refractivity contribution < 1.29 is 9.53 Å². The topological polar surface area (TPSA) is 41.9 Å². The van der Waals surface area contributed by atoms with E-state index in [4.69, 9.17) is 4.74 Å². The molecule has 1 aromatic carbocycles. The van der Waals surface area contributed by atoms with E-state index in [1.807, 2.05) is 0 Å². The van der Waals surface area contributed by atoms with Crippen LogP contribution >= 0.6 is 12.2 Å². The molecule has 0 bridgehead atoms. The number of carbonyl (C=O) groups excluding carboxylic acids is 1. The normalized spacial score (nSPS) is 13.9. The molecule has 0 fully saturated rings. The van der Waals surface area contributed by atoms with Gasteiger partial charge in [0, 0.05) is 13.1 Å². The van der Waals surface area contributed by atoms with E-state index in [0.717, 1.165) is 5.69 Å². The van der Waals surface area contributed by atoms with E-state index in [1.54, 1.807) is 30.1 Å². The molecule has 0 saturated carbocycles. The number of nitrogens with zero attached hydrogens (tertiary/aromatic N) is 2. The largest absolute Gasteiger partial charge is 0.481 e. The van der Waals surface area contributed by atoms with Crippen molar-refractivity contribution in [2.24, 2.45) is 4.99 Å². The van der Waals surface area contributed by atoms with Crippen LogP contribution in [0.25, 0.3) is 0 Å². The highest BCUT2D eigenvalue weighted by atomic mass is 32.1. The van der Waals surface area contributed by atoms with Gasteiger partial charge in [-0.2, -0.15) is 4.99 Å². The minimum absolute atomic E-state index is 0.0615. The molecule has 5 heteroatoms. The van der Waals surface area contributed by atoms with Gasteiger partial charge in [-0.15, -0.1) is 0 Å². The fraction of sp³-hybridized carbons (Fsp3) is 0.200. The lowest BCUT2D eigenvalue weighted by atomic mass is 10.2. The van der Waals surface area contributed by atoms with Crippen LogP contribution < -0.4 is 9.64 Å². The van der Waals surface area contributed by atoms with Crippen molar-refractivity contribution in [1.82, 2.24) is 0 Å². The second kappa shape index (κ2) is 3.81. The molecule has 76 valence electrons. The molecule has 0 N–H and O–H groups in total. The molecule has 15 heavy (non-hydrogen) atoms. The number of isothiocyanates is 1. The first kappa shape index (κ1) is 9.83. The van der Waals surface area contributed by atoms with Crippen LogP contribution in [0.15, 0.2) is 23.2 Å². The number of anilines is 1. The number of aliphatic imine (C=N–C) groups is 1. The van der Waals surface area contributed by atoms with Gasteiger partial charge in [-0.3, -0.25) is 4.79 Å². The number of fused-ring (bicyclic) bond motifs is 1. The zero-order valence-corrected chi connectivity index (χ0v) is 8.87. The van der Waals surface area contributed by atoms with Gasteiger partial charge in [-0.25, -0.2) is 0 Å². The van der Waals surface area contributed by atoms with Gasteiger partial charge in [0.2, 0.25) is 0 Å². The third-order valence-corrected chi connectivity index (χ3v) is 2.30. The van der Waals surface area contributed by atoms with E-state index in [2.05, 4.69) is 22.4 Å². The van der Waals surface area contributed by atoms with Gasteiger partial charge in [-0.05, 0) is 24.4 Å². The average molecular weight is 220 g/mol. The Hall–Kier alpha value is -1.71. The molecule has 1 amide bonds. The maximum Gasteiger partial charge on any atom is 0.264 e. The summed E-state index contributed by atoms with van der Waals surface area (Å²) in [7, 11) is 1.71. The first-order valence-electron chi connectivity index (χ1n) is 4.33. The Morgan fingerprint density at radius 2 is 2.40 bits per heavy atom. The van der Waals surface area contributed by atoms with Gasteiger partial charge in [0.1, 0.15) is 5.75 Å². The average Bonchev–Trinajstić information content (AvgIpc) is 2.24. The summed E-state index contributed by atoms with van der Waals surface area (Å²) in [5.74, 6) is 0.581. The summed E-state index contributed by atoms with van der Waals surface area (Å²) in [6.07, 6.45) is 0. The first-order valence-corrected chi connectivity index (χ1v) is 4.74. The second-order valence-corrected chi connectivity index (χ2v) is 3.28. The van der Waals surface area contributed by atoms with Crippen LogP contribution in [-0.2, 0) is 4.79 Å². The first-order chi connectivity index (χ1) is 7.22. The number of hydrogen-bond donors (Lipinski definition) is 0. The highest BCUT2D eigenvalue weighted by Crippen LogP contribution is 2.34. The number of likely N-dealkylation sites (N-methyl/N-ethyl adjacent to an activating group) is 1. The van der Waals surface area contributed by atoms with Crippen molar-refractivity contribution in [3.05, 3.63) is 18.2 Å². The summed E-state index contributed by atoms with van der Waals surface area (Å²) in [4.78, 5) is 16.7. The molecule has 0 aliphatic carbocycles. The molecule has 0 atom stereocenters. The van der Waals surface area contributed by atoms with Crippen molar-refractivity contribution in [1.29, 1.82) is 0 Å². The number of benzene rings is 1. The molecular formula is C10H8N2O2S. The standard InChI is InChI=1S/C10H8N2O2S/c1-12-8-3-2-7(11-6-15)4-9(8)14-5-10(12)13/h2-4H,5H2,1H3. The number of amides is 1. The lowest BCUT2D eigenvalue weighted by Gasteiger charge is -2.25. The van der Waals surface area contributed by atoms with Gasteiger partial charge in [0.25, 0.3) is 5.91 Å². The zero-order chi connectivity index (χ0) is 10.8. The van der Waals surface area contributed by atoms with E-state index in [-0.39, 0.29) is 12.5 Å². The van der Waals surface area contributed by atoms with Gasteiger partial charge < -0.3 is 9.64 Å². The second-order valence-electron chi connectivity index (χ2n) is 3.10. The predicted octanol–water partition coefficient (Wildman–Crippen LogP) is 1.78. The van der Waals surface area contributed by atoms with E-state index < -0.39 is 0 Å². The van der Waals surface area contributed by atoms with Crippen molar-refractivity contribution in [3.63, 3.8) is 0 Å². The number of thiocarbonyl (C=S) groups is 1. The van der Waals surface area contributed by atoms with Crippen LogP contribution in [0.2, 0.25) is 0 Å². The third kappa shape index (κ3) is 1.75. The minimum atomic E-state index is -0.0615. The SMILES string of the molecule is CN1C(=O)COc2cc(N=C=S)ccc21. The Kier molecular flexibility index (Phi) is 2.49. The summed E-state index contributed by atoms with van der Waals surface area (Å²) in [6, 6.07) is 5.27. The quantitative estimate of drug-likeness (QED) is 0.535. The number of hydrogen-bond acceptors (Lipinski definition) is 4. The lowest BCUT2D eigenvalue weighted by molar-refractivity contribution is -0.120. The van der Waals surface area contributed by atoms with Gasteiger partial charge >= 0.3 is 0 Å². The molecule has 0 spiro atoms. The van der Waals surface area contributed by atoms with Crippen molar-refractivity contribution in [2.45, 2.75) is 0 Å². The highest BCUT2D eigenvalue weighted by molar-refractivity contribution is 7.78. The summed E-state index contributed by atoms with van der Waals surface area (Å²) in [6.45, 7) is 0.0637. The molecule has 0 aromatic heterocycles. The van der Waals surface area contributed by atoms with E-state index in [0.29, 0.717) is 11.4 Å². The van der Waals surface area contributed by atoms with Crippen molar-refractivity contribution in [2.75, 3.05) is 18.6 Å². The fourth-order valence-corrected chi connectivity index (χ4v) is 1.49.